The number of hydrogen-bond acceptors (Lipinski definition) is 4. The maximum absolute atomic E-state index is 5.65. The molecule has 104 valence electrons. The van der Waals surface area contributed by atoms with Crippen molar-refractivity contribution in [2.75, 3.05) is 20.6 Å². The van der Waals surface area contributed by atoms with E-state index in [1.807, 2.05) is 18.2 Å². The quantitative estimate of drug-likeness (QED) is 0.599. The van der Waals surface area contributed by atoms with Gasteiger partial charge in [-0.3, -0.25) is 11.3 Å². The number of benzene rings is 1. The van der Waals surface area contributed by atoms with Crippen molar-refractivity contribution in [2.24, 2.45) is 12.9 Å². The summed E-state index contributed by atoms with van der Waals surface area (Å²) < 4.78 is 2.15. The van der Waals surface area contributed by atoms with Gasteiger partial charge < -0.3 is 9.47 Å². The molecule has 0 radical (unpaired) electrons. The van der Waals surface area contributed by atoms with E-state index in [9.17, 15) is 0 Å². The van der Waals surface area contributed by atoms with E-state index in [2.05, 4.69) is 47.1 Å². The number of nitrogens with zero attached hydrogens (tertiary/aromatic N) is 3. The third-order valence-corrected chi connectivity index (χ3v) is 3.47. The molecule has 2 rings (SSSR count). The first-order chi connectivity index (χ1) is 9.11. The van der Waals surface area contributed by atoms with E-state index < -0.39 is 0 Å². The van der Waals surface area contributed by atoms with Crippen LogP contribution in [-0.2, 0) is 13.5 Å². The first-order valence-electron chi connectivity index (χ1n) is 6.63. The second-order valence-corrected chi connectivity index (χ2v) is 5.24. The van der Waals surface area contributed by atoms with Crippen molar-refractivity contribution in [3.05, 3.63) is 30.1 Å². The largest absolute Gasteiger partial charge is 0.331 e. The molecule has 0 spiro atoms. The normalized spacial score (nSPS) is 13.3. The number of nitrogens with one attached hydrogen (secondary N) is 1. The zero-order chi connectivity index (χ0) is 13.8. The van der Waals surface area contributed by atoms with Gasteiger partial charge in [-0.05, 0) is 39.2 Å². The van der Waals surface area contributed by atoms with Crippen molar-refractivity contribution in [1.82, 2.24) is 19.9 Å². The minimum absolute atomic E-state index is 0.248. The van der Waals surface area contributed by atoms with Crippen LogP contribution >= 0.6 is 0 Å². The molecular formula is C14H23N5. The van der Waals surface area contributed by atoms with Crippen molar-refractivity contribution in [1.29, 1.82) is 0 Å². The molecule has 0 aliphatic heterocycles. The average molecular weight is 261 g/mol. The van der Waals surface area contributed by atoms with Gasteiger partial charge >= 0.3 is 0 Å². The minimum atomic E-state index is 0.248. The molecule has 0 fully saturated rings. The van der Waals surface area contributed by atoms with Crippen molar-refractivity contribution < 1.29 is 0 Å². The van der Waals surface area contributed by atoms with Crippen LogP contribution in [-0.4, -0.2) is 41.1 Å². The highest BCUT2D eigenvalue weighted by molar-refractivity contribution is 5.75. The molecule has 1 unspecified atom stereocenters. The third kappa shape index (κ3) is 3.32. The number of fused-ring (bicyclic) bond motifs is 1. The number of imidazole rings is 1. The van der Waals surface area contributed by atoms with E-state index in [4.69, 9.17) is 5.84 Å². The Morgan fingerprint density at radius 2 is 2.11 bits per heavy atom. The van der Waals surface area contributed by atoms with Crippen LogP contribution in [0.25, 0.3) is 11.0 Å². The van der Waals surface area contributed by atoms with Gasteiger partial charge in [0.1, 0.15) is 5.82 Å². The van der Waals surface area contributed by atoms with Gasteiger partial charge in [0.15, 0.2) is 0 Å². The molecule has 0 aliphatic carbocycles. The number of para-hydroxylation sites is 2. The lowest BCUT2D eigenvalue weighted by molar-refractivity contribution is 0.355. The maximum atomic E-state index is 5.65. The van der Waals surface area contributed by atoms with Crippen molar-refractivity contribution >= 4 is 11.0 Å². The fraction of sp³-hybridized carbons (Fsp3) is 0.500. The van der Waals surface area contributed by atoms with Gasteiger partial charge in [-0.15, -0.1) is 0 Å². The zero-order valence-corrected chi connectivity index (χ0v) is 11.9. The monoisotopic (exact) mass is 261 g/mol. The Hall–Kier alpha value is -1.43. The maximum Gasteiger partial charge on any atom is 0.111 e. The molecule has 5 heteroatoms. The predicted octanol–water partition coefficient (Wildman–Crippen LogP) is 0.899. The van der Waals surface area contributed by atoms with Gasteiger partial charge in [0.05, 0.1) is 11.0 Å². The average Bonchev–Trinajstić information content (AvgIpc) is 2.71. The number of rotatable bonds is 6. The van der Waals surface area contributed by atoms with Gasteiger partial charge in [0, 0.05) is 19.5 Å². The Labute approximate surface area is 114 Å². The lowest BCUT2D eigenvalue weighted by atomic mass is 10.1. The number of aryl methyl sites for hydroxylation is 1. The molecule has 1 atom stereocenters. The zero-order valence-electron chi connectivity index (χ0n) is 11.9. The van der Waals surface area contributed by atoms with Crippen LogP contribution in [0.3, 0.4) is 0 Å². The Morgan fingerprint density at radius 3 is 2.74 bits per heavy atom. The first kappa shape index (κ1) is 14.0. The highest BCUT2D eigenvalue weighted by atomic mass is 15.2. The molecule has 5 nitrogen and oxygen atoms in total. The van der Waals surface area contributed by atoms with E-state index in [-0.39, 0.29) is 6.04 Å². The summed E-state index contributed by atoms with van der Waals surface area (Å²) in [5.41, 5.74) is 5.11. The standard InChI is InChI=1S/C14H23N5/c1-18(2)9-8-11(17-15)10-14-16-12-6-4-5-7-13(12)19(14)3/h4-7,11,17H,8-10,15H2,1-3H3. The number of hydrogen-bond donors (Lipinski definition) is 2. The van der Waals surface area contributed by atoms with Crippen LogP contribution in [0.2, 0.25) is 0 Å². The van der Waals surface area contributed by atoms with E-state index in [0.29, 0.717) is 0 Å². The summed E-state index contributed by atoms with van der Waals surface area (Å²) in [6.45, 7) is 1.01. The molecule has 0 bridgehead atoms. The summed E-state index contributed by atoms with van der Waals surface area (Å²) in [6, 6.07) is 8.44. The summed E-state index contributed by atoms with van der Waals surface area (Å²) in [6.07, 6.45) is 1.85. The van der Waals surface area contributed by atoms with Gasteiger partial charge in [-0.2, -0.15) is 0 Å². The summed E-state index contributed by atoms with van der Waals surface area (Å²) in [4.78, 5) is 6.85. The molecular weight excluding hydrogens is 238 g/mol. The topological polar surface area (TPSA) is 59.1 Å². The Morgan fingerprint density at radius 1 is 1.37 bits per heavy atom. The highest BCUT2D eigenvalue weighted by Gasteiger charge is 2.13. The van der Waals surface area contributed by atoms with Gasteiger partial charge in [-0.1, -0.05) is 12.1 Å². The Kier molecular flexibility index (Phi) is 4.52. The van der Waals surface area contributed by atoms with Gasteiger partial charge in [-0.25, -0.2) is 4.98 Å². The Balaban J connectivity index is 2.13. The molecule has 1 aromatic carbocycles. The lowest BCUT2D eigenvalue weighted by Crippen LogP contribution is -2.39. The second-order valence-electron chi connectivity index (χ2n) is 5.24. The van der Waals surface area contributed by atoms with E-state index in [1.165, 1.54) is 5.52 Å². The summed E-state index contributed by atoms with van der Waals surface area (Å²) in [5, 5.41) is 0. The van der Waals surface area contributed by atoms with E-state index >= 15 is 0 Å². The minimum Gasteiger partial charge on any atom is -0.331 e. The van der Waals surface area contributed by atoms with Crippen LogP contribution in [0.15, 0.2) is 24.3 Å². The molecule has 0 saturated carbocycles. The van der Waals surface area contributed by atoms with Gasteiger partial charge in [0.2, 0.25) is 0 Å². The van der Waals surface area contributed by atoms with Crippen LogP contribution in [0.1, 0.15) is 12.2 Å². The summed E-state index contributed by atoms with van der Waals surface area (Å²) in [5.74, 6) is 6.72. The molecule has 1 aromatic heterocycles. The number of aromatic nitrogens is 2. The molecule has 1 heterocycles. The number of hydrazine groups is 1. The second kappa shape index (κ2) is 6.14. The summed E-state index contributed by atoms with van der Waals surface area (Å²) >= 11 is 0. The molecule has 19 heavy (non-hydrogen) atoms. The molecule has 0 amide bonds. The fourth-order valence-corrected chi connectivity index (χ4v) is 2.26. The first-order valence-corrected chi connectivity index (χ1v) is 6.63. The van der Waals surface area contributed by atoms with Crippen molar-refractivity contribution in [3.8, 4) is 0 Å². The fourth-order valence-electron chi connectivity index (χ4n) is 2.26. The predicted molar refractivity (Wildman–Crippen MR) is 78.7 cm³/mol. The third-order valence-electron chi connectivity index (χ3n) is 3.47. The van der Waals surface area contributed by atoms with E-state index in [1.54, 1.807) is 0 Å². The number of nitrogens with two attached hydrogens (primary N) is 1. The molecule has 0 saturated heterocycles. The van der Waals surface area contributed by atoms with Crippen LogP contribution < -0.4 is 11.3 Å². The molecule has 2 aromatic rings. The van der Waals surface area contributed by atoms with E-state index in [0.717, 1.165) is 30.7 Å². The molecule has 3 N–H and O–H groups in total. The SMILES string of the molecule is CN(C)CCC(Cc1nc2ccccc2n1C)NN. The van der Waals surface area contributed by atoms with Crippen molar-refractivity contribution in [3.63, 3.8) is 0 Å². The van der Waals surface area contributed by atoms with Crippen LogP contribution in [0.5, 0.6) is 0 Å². The van der Waals surface area contributed by atoms with Crippen molar-refractivity contribution in [2.45, 2.75) is 18.9 Å². The van der Waals surface area contributed by atoms with Crippen LogP contribution in [0, 0.1) is 0 Å². The van der Waals surface area contributed by atoms with Crippen LogP contribution in [0.4, 0.5) is 0 Å². The Bertz CT molecular complexity index is 532. The summed E-state index contributed by atoms with van der Waals surface area (Å²) in [7, 11) is 6.20. The smallest absolute Gasteiger partial charge is 0.111 e. The molecule has 0 aliphatic rings. The lowest BCUT2D eigenvalue weighted by Gasteiger charge is -2.18. The highest BCUT2D eigenvalue weighted by Crippen LogP contribution is 2.15. The van der Waals surface area contributed by atoms with Gasteiger partial charge in [0.25, 0.3) is 0 Å².